The maximum atomic E-state index is 10.4. The van der Waals surface area contributed by atoms with Crippen molar-refractivity contribution in [2.24, 2.45) is 0 Å². The van der Waals surface area contributed by atoms with Crippen molar-refractivity contribution in [2.75, 3.05) is 33.5 Å². The Morgan fingerprint density at radius 3 is 2.62 bits per heavy atom. The SMILES string of the molecule is COCCCOCCOC1CC(C)c2ccccc2C1O. The molecule has 0 saturated heterocycles. The van der Waals surface area contributed by atoms with Gasteiger partial charge in [0, 0.05) is 20.3 Å². The average Bonchev–Trinajstić information content (AvgIpc) is 2.51. The Morgan fingerprint density at radius 1 is 1.10 bits per heavy atom. The van der Waals surface area contributed by atoms with Crippen molar-refractivity contribution in [3.8, 4) is 0 Å². The molecule has 0 radical (unpaired) electrons. The van der Waals surface area contributed by atoms with E-state index in [-0.39, 0.29) is 6.10 Å². The zero-order chi connectivity index (χ0) is 15.1. The molecule has 0 bridgehead atoms. The molecule has 1 aromatic carbocycles. The largest absolute Gasteiger partial charge is 0.386 e. The summed E-state index contributed by atoms with van der Waals surface area (Å²) in [5.74, 6) is 0.414. The highest BCUT2D eigenvalue weighted by Gasteiger charge is 2.32. The number of benzene rings is 1. The van der Waals surface area contributed by atoms with Crippen molar-refractivity contribution in [1.82, 2.24) is 0 Å². The maximum Gasteiger partial charge on any atom is 0.105 e. The fourth-order valence-corrected chi connectivity index (χ4v) is 2.86. The molecule has 1 aliphatic carbocycles. The molecule has 2 rings (SSSR count). The summed E-state index contributed by atoms with van der Waals surface area (Å²) in [6, 6.07) is 8.08. The van der Waals surface area contributed by atoms with Crippen molar-refractivity contribution in [2.45, 2.75) is 37.9 Å². The summed E-state index contributed by atoms with van der Waals surface area (Å²) in [7, 11) is 1.69. The summed E-state index contributed by atoms with van der Waals surface area (Å²) in [6.45, 7) is 4.66. The zero-order valence-electron chi connectivity index (χ0n) is 13.0. The number of ether oxygens (including phenoxy) is 3. The third kappa shape index (κ3) is 4.51. The van der Waals surface area contributed by atoms with Crippen LogP contribution in [-0.4, -0.2) is 44.7 Å². The first-order valence-corrected chi connectivity index (χ1v) is 7.69. The molecule has 0 aliphatic heterocycles. The zero-order valence-corrected chi connectivity index (χ0v) is 13.0. The lowest BCUT2D eigenvalue weighted by Gasteiger charge is -2.33. The Kier molecular flexibility index (Phi) is 6.64. The minimum atomic E-state index is -0.536. The van der Waals surface area contributed by atoms with E-state index >= 15 is 0 Å². The van der Waals surface area contributed by atoms with E-state index in [0.717, 1.165) is 25.0 Å². The van der Waals surface area contributed by atoms with Crippen LogP contribution in [-0.2, 0) is 14.2 Å². The van der Waals surface area contributed by atoms with Crippen molar-refractivity contribution in [3.63, 3.8) is 0 Å². The fourth-order valence-electron chi connectivity index (χ4n) is 2.86. The molecule has 1 aromatic rings. The molecule has 0 saturated carbocycles. The van der Waals surface area contributed by atoms with Crippen molar-refractivity contribution in [3.05, 3.63) is 35.4 Å². The van der Waals surface area contributed by atoms with Crippen LogP contribution in [0.5, 0.6) is 0 Å². The number of rotatable bonds is 8. The van der Waals surface area contributed by atoms with Gasteiger partial charge in [-0.05, 0) is 29.9 Å². The van der Waals surface area contributed by atoms with Gasteiger partial charge in [0.05, 0.1) is 19.3 Å². The van der Waals surface area contributed by atoms with E-state index in [4.69, 9.17) is 14.2 Å². The normalized spacial score (nSPS) is 24.8. The first-order valence-electron chi connectivity index (χ1n) is 7.69. The molecule has 0 fully saturated rings. The molecule has 1 N–H and O–H groups in total. The second kappa shape index (κ2) is 8.49. The Balaban J connectivity index is 1.75. The first-order chi connectivity index (χ1) is 10.2. The number of aliphatic hydroxyl groups is 1. The highest BCUT2D eigenvalue weighted by Crippen LogP contribution is 2.38. The van der Waals surface area contributed by atoms with Gasteiger partial charge >= 0.3 is 0 Å². The molecule has 4 heteroatoms. The standard InChI is InChI=1S/C17H26O4/c1-13-12-16(21-11-10-20-9-5-8-19-2)17(18)15-7-4-3-6-14(13)15/h3-4,6-7,13,16-18H,5,8-12H2,1-2H3. The van der Waals surface area contributed by atoms with E-state index in [1.165, 1.54) is 5.56 Å². The summed E-state index contributed by atoms with van der Waals surface area (Å²) >= 11 is 0. The third-order valence-electron chi connectivity index (χ3n) is 3.98. The molecular weight excluding hydrogens is 268 g/mol. The van der Waals surface area contributed by atoms with E-state index in [1.807, 2.05) is 18.2 Å². The molecule has 3 atom stereocenters. The van der Waals surface area contributed by atoms with Crippen LogP contribution < -0.4 is 0 Å². The average molecular weight is 294 g/mol. The summed E-state index contributed by atoms with van der Waals surface area (Å²) in [6.07, 6.45) is 1.07. The lowest BCUT2D eigenvalue weighted by Crippen LogP contribution is -2.30. The van der Waals surface area contributed by atoms with Gasteiger partial charge in [-0.2, -0.15) is 0 Å². The molecular formula is C17H26O4. The Labute approximate surface area is 127 Å². The first kappa shape index (κ1) is 16.4. The van der Waals surface area contributed by atoms with E-state index in [0.29, 0.717) is 25.7 Å². The van der Waals surface area contributed by atoms with Crippen LogP contribution in [0.4, 0.5) is 0 Å². The lowest BCUT2D eigenvalue weighted by atomic mass is 9.80. The van der Waals surface area contributed by atoms with Gasteiger partial charge in [0.15, 0.2) is 0 Å². The van der Waals surface area contributed by atoms with Gasteiger partial charge in [-0.25, -0.2) is 0 Å². The maximum absolute atomic E-state index is 10.4. The van der Waals surface area contributed by atoms with Crippen LogP contribution in [0.3, 0.4) is 0 Å². The quantitative estimate of drug-likeness (QED) is 0.749. The van der Waals surface area contributed by atoms with Crippen molar-refractivity contribution < 1.29 is 19.3 Å². The summed E-state index contributed by atoms with van der Waals surface area (Å²) in [5.41, 5.74) is 2.24. The van der Waals surface area contributed by atoms with Crippen LogP contribution in [0, 0.1) is 0 Å². The molecule has 21 heavy (non-hydrogen) atoms. The number of aliphatic hydroxyl groups excluding tert-OH is 1. The molecule has 1 aliphatic rings. The third-order valence-corrected chi connectivity index (χ3v) is 3.98. The van der Waals surface area contributed by atoms with Gasteiger partial charge < -0.3 is 19.3 Å². The molecule has 0 aromatic heterocycles. The van der Waals surface area contributed by atoms with Gasteiger partial charge in [0.2, 0.25) is 0 Å². The molecule has 0 heterocycles. The molecule has 3 unspecified atom stereocenters. The molecule has 0 amide bonds. The second-order valence-corrected chi connectivity index (χ2v) is 5.58. The smallest absolute Gasteiger partial charge is 0.105 e. The second-order valence-electron chi connectivity index (χ2n) is 5.58. The minimum Gasteiger partial charge on any atom is -0.386 e. The van der Waals surface area contributed by atoms with Gasteiger partial charge in [-0.15, -0.1) is 0 Å². The van der Waals surface area contributed by atoms with E-state index < -0.39 is 6.10 Å². The number of fused-ring (bicyclic) bond motifs is 1. The molecule has 118 valence electrons. The van der Waals surface area contributed by atoms with Gasteiger partial charge in [-0.3, -0.25) is 0 Å². The topological polar surface area (TPSA) is 47.9 Å². The van der Waals surface area contributed by atoms with Crippen LogP contribution in [0.15, 0.2) is 24.3 Å². The van der Waals surface area contributed by atoms with Crippen LogP contribution in [0.25, 0.3) is 0 Å². The van der Waals surface area contributed by atoms with Gasteiger partial charge in [0.25, 0.3) is 0 Å². The number of methoxy groups -OCH3 is 1. The van der Waals surface area contributed by atoms with Crippen LogP contribution >= 0.6 is 0 Å². The Morgan fingerprint density at radius 2 is 1.86 bits per heavy atom. The van der Waals surface area contributed by atoms with Crippen LogP contribution in [0.2, 0.25) is 0 Å². The van der Waals surface area contributed by atoms with E-state index in [9.17, 15) is 5.11 Å². The van der Waals surface area contributed by atoms with E-state index in [2.05, 4.69) is 13.0 Å². The van der Waals surface area contributed by atoms with Crippen molar-refractivity contribution >= 4 is 0 Å². The lowest BCUT2D eigenvalue weighted by molar-refractivity contribution is -0.0691. The predicted molar refractivity (Wildman–Crippen MR) is 81.5 cm³/mol. The predicted octanol–water partition coefficient (Wildman–Crippen LogP) is 2.67. The summed E-state index contributed by atoms with van der Waals surface area (Å²) in [5, 5.41) is 10.4. The highest BCUT2D eigenvalue weighted by molar-refractivity contribution is 5.35. The van der Waals surface area contributed by atoms with Crippen LogP contribution in [0.1, 0.15) is 42.9 Å². The summed E-state index contributed by atoms with van der Waals surface area (Å²) < 4.78 is 16.3. The Bertz CT molecular complexity index is 421. The number of hydrogen-bond donors (Lipinski definition) is 1. The monoisotopic (exact) mass is 294 g/mol. The van der Waals surface area contributed by atoms with Gasteiger partial charge in [-0.1, -0.05) is 31.2 Å². The Hall–Kier alpha value is -0.940. The highest BCUT2D eigenvalue weighted by atomic mass is 16.5. The number of hydrogen-bond acceptors (Lipinski definition) is 4. The van der Waals surface area contributed by atoms with Crippen molar-refractivity contribution in [1.29, 1.82) is 0 Å². The summed E-state index contributed by atoms with van der Waals surface area (Å²) in [4.78, 5) is 0. The minimum absolute atomic E-state index is 0.141. The molecule has 0 spiro atoms. The molecule has 4 nitrogen and oxygen atoms in total. The van der Waals surface area contributed by atoms with E-state index in [1.54, 1.807) is 7.11 Å². The fraction of sp³-hybridized carbons (Fsp3) is 0.647. The van der Waals surface area contributed by atoms with Gasteiger partial charge in [0.1, 0.15) is 6.10 Å².